The van der Waals surface area contributed by atoms with Crippen LogP contribution in [-0.4, -0.2) is 54.5 Å². The van der Waals surface area contributed by atoms with Crippen molar-refractivity contribution >= 4 is 31.7 Å². The van der Waals surface area contributed by atoms with E-state index in [4.69, 9.17) is 0 Å². The van der Waals surface area contributed by atoms with E-state index >= 15 is 0 Å². The van der Waals surface area contributed by atoms with Gasteiger partial charge >= 0.3 is 113 Å². The molecular formula is C13H18N4Se. The van der Waals surface area contributed by atoms with Gasteiger partial charge in [0.15, 0.2) is 0 Å². The predicted octanol–water partition coefficient (Wildman–Crippen LogP) is 1.44. The van der Waals surface area contributed by atoms with E-state index in [1.807, 2.05) is 6.07 Å². The summed E-state index contributed by atoms with van der Waals surface area (Å²) in [4.78, 5) is 2.42. The Morgan fingerprint density at radius 1 is 1.44 bits per heavy atom. The zero-order valence-corrected chi connectivity index (χ0v) is 12.3. The molecule has 2 heterocycles. The Labute approximate surface area is 114 Å². The fraction of sp³-hybridized carbons (Fsp3) is 0.538. The summed E-state index contributed by atoms with van der Waals surface area (Å²) in [6.45, 7) is 3.49. The summed E-state index contributed by atoms with van der Waals surface area (Å²) in [5.41, 5.74) is 3.28. The molecule has 0 spiro atoms. The third-order valence-electron chi connectivity index (χ3n) is 3.59. The predicted molar refractivity (Wildman–Crippen MR) is 75.2 cm³/mol. The Bertz CT molecular complexity index is 524. The first-order chi connectivity index (χ1) is 8.83. The van der Waals surface area contributed by atoms with Crippen LogP contribution in [0.2, 0.25) is 0 Å². The van der Waals surface area contributed by atoms with Crippen molar-refractivity contribution in [1.82, 2.24) is 12.9 Å². The summed E-state index contributed by atoms with van der Waals surface area (Å²) < 4.78 is 8.92. The molecule has 1 N–H and O–H groups in total. The van der Waals surface area contributed by atoms with Crippen LogP contribution < -0.4 is 5.32 Å². The van der Waals surface area contributed by atoms with Crippen LogP contribution in [0.1, 0.15) is 12.8 Å². The van der Waals surface area contributed by atoms with Gasteiger partial charge in [0.1, 0.15) is 0 Å². The number of rotatable bonds is 3. The molecule has 0 aliphatic carbocycles. The van der Waals surface area contributed by atoms with Crippen molar-refractivity contribution in [2.24, 2.45) is 5.92 Å². The molecule has 18 heavy (non-hydrogen) atoms. The van der Waals surface area contributed by atoms with Gasteiger partial charge < -0.3 is 0 Å². The Morgan fingerprint density at radius 2 is 2.39 bits per heavy atom. The van der Waals surface area contributed by atoms with E-state index in [1.54, 1.807) is 0 Å². The third kappa shape index (κ3) is 2.58. The summed E-state index contributed by atoms with van der Waals surface area (Å²) in [7, 11) is 2.21. The number of piperidine rings is 1. The number of benzene rings is 1. The first kappa shape index (κ1) is 12.1. The summed E-state index contributed by atoms with van der Waals surface area (Å²) in [6, 6.07) is 6.23. The van der Waals surface area contributed by atoms with Gasteiger partial charge in [-0.2, -0.15) is 0 Å². The van der Waals surface area contributed by atoms with Gasteiger partial charge in [0.25, 0.3) is 0 Å². The van der Waals surface area contributed by atoms with Gasteiger partial charge in [-0.1, -0.05) is 0 Å². The van der Waals surface area contributed by atoms with Crippen LogP contribution in [0.25, 0.3) is 11.0 Å². The first-order valence-electron chi connectivity index (χ1n) is 6.46. The van der Waals surface area contributed by atoms with Crippen molar-refractivity contribution in [3.63, 3.8) is 0 Å². The SMILES string of the molecule is CN1CCCC(CNc2cccc3n[se]nc23)C1. The summed E-state index contributed by atoms with van der Waals surface area (Å²) in [5, 5.41) is 3.56. The van der Waals surface area contributed by atoms with E-state index in [-0.39, 0.29) is 15.0 Å². The molecule has 1 saturated heterocycles. The van der Waals surface area contributed by atoms with Crippen LogP contribution in [0.3, 0.4) is 0 Å². The quantitative estimate of drug-likeness (QED) is 0.871. The summed E-state index contributed by atoms with van der Waals surface area (Å²) in [6.07, 6.45) is 2.65. The fourth-order valence-electron chi connectivity index (χ4n) is 2.64. The molecule has 1 fully saturated rings. The molecule has 3 rings (SSSR count). The Kier molecular flexibility index (Phi) is 3.64. The maximum atomic E-state index is 4.50. The minimum atomic E-state index is 0.0607. The molecule has 5 heteroatoms. The summed E-state index contributed by atoms with van der Waals surface area (Å²) >= 11 is 0.0607. The van der Waals surface area contributed by atoms with E-state index in [0.29, 0.717) is 0 Å². The second-order valence-electron chi connectivity index (χ2n) is 5.09. The third-order valence-corrected chi connectivity index (χ3v) is 4.73. The van der Waals surface area contributed by atoms with E-state index in [1.165, 1.54) is 25.9 Å². The molecule has 1 atom stereocenters. The monoisotopic (exact) mass is 310 g/mol. The van der Waals surface area contributed by atoms with Crippen LogP contribution in [0.15, 0.2) is 18.2 Å². The molecule has 1 aromatic heterocycles. The zero-order valence-electron chi connectivity index (χ0n) is 10.6. The van der Waals surface area contributed by atoms with Gasteiger partial charge in [-0.15, -0.1) is 0 Å². The van der Waals surface area contributed by atoms with Crippen molar-refractivity contribution in [3.8, 4) is 0 Å². The molecule has 1 aliphatic heterocycles. The van der Waals surface area contributed by atoms with Crippen molar-refractivity contribution in [3.05, 3.63) is 18.2 Å². The molecule has 0 saturated carbocycles. The van der Waals surface area contributed by atoms with Crippen molar-refractivity contribution in [2.75, 3.05) is 32.0 Å². The molecule has 0 radical (unpaired) electrons. The maximum absolute atomic E-state index is 4.50. The van der Waals surface area contributed by atoms with Gasteiger partial charge in [0.2, 0.25) is 0 Å². The molecule has 96 valence electrons. The number of nitrogens with one attached hydrogen (secondary N) is 1. The topological polar surface area (TPSA) is 41.0 Å². The molecule has 1 aliphatic rings. The summed E-state index contributed by atoms with van der Waals surface area (Å²) in [5.74, 6) is 0.753. The molecule has 1 unspecified atom stereocenters. The van der Waals surface area contributed by atoms with E-state index in [0.717, 1.165) is 29.2 Å². The van der Waals surface area contributed by atoms with Crippen molar-refractivity contribution in [1.29, 1.82) is 0 Å². The van der Waals surface area contributed by atoms with Gasteiger partial charge in [-0.05, 0) is 0 Å². The number of hydrogen-bond acceptors (Lipinski definition) is 4. The molecular weight excluding hydrogens is 291 g/mol. The first-order valence-corrected chi connectivity index (χ1v) is 8.00. The van der Waals surface area contributed by atoms with E-state index in [9.17, 15) is 0 Å². The fourth-order valence-corrected chi connectivity index (χ4v) is 3.80. The second-order valence-corrected chi connectivity index (χ2v) is 6.20. The number of aromatic nitrogens is 2. The Hall–Kier alpha value is -0.901. The number of fused-ring (bicyclic) bond motifs is 1. The van der Waals surface area contributed by atoms with Crippen molar-refractivity contribution in [2.45, 2.75) is 12.8 Å². The number of anilines is 1. The number of hydrogen-bond donors (Lipinski definition) is 1. The second kappa shape index (κ2) is 5.39. The molecule has 0 amide bonds. The van der Waals surface area contributed by atoms with Crippen LogP contribution in [0.5, 0.6) is 0 Å². The number of nitrogens with zero attached hydrogens (tertiary/aromatic N) is 3. The standard InChI is InChI=1S/C13H18N4Se/c1-17-7-3-4-10(9-17)8-14-11-5-2-6-12-13(11)16-18-15-12/h2,5-6,10,14H,3-4,7-9H2,1H3. The van der Waals surface area contributed by atoms with Crippen LogP contribution >= 0.6 is 0 Å². The molecule has 1 aromatic carbocycles. The normalized spacial score (nSPS) is 21.3. The van der Waals surface area contributed by atoms with Gasteiger partial charge in [-0.25, -0.2) is 0 Å². The molecule has 4 nitrogen and oxygen atoms in total. The molecule has 2 aromatic rings. The van der Waals surface area contributed by atoms with Crippen LogP contribution in [-0.2, 0) is 0 Å². The average molecular weight is 309 g/mol. The van der Waals surface area contributed by atoms with E-state index < -0.39 is 0 Å². The van der Waals surface area contributed by atoms with E-state index in [2.05, 4.69) is 37.4 Å². The van der Waals surface area contributed by atoms with Gasteiger partial charge in [0.05, 0.1) is 0 Å². The molecule has 0 bridgehead atoms. The van der Waals surface area contributed by atoms with Gasteiger partial charge in [0, 0.05) is 0 Å². The van der Waals surface area contributed by atoms with Crippen LogP contribution in [0, 0.1) is 5.92 Å². The Morgan fingerprint density at radius 3 is 3.28 bits per heavy atom. The van der Waals surface area contributed by atoms with Gasteiger partial charge in [-0.3, -0.25) is 0 Å². The zero-order chi connectivity index (χ0) is 12.4. The minimum absolute atomic E-state index is 0.0607. The number of likely N-dealkylation sites (tertiary alicyclic amines) is 1. The van der Waals surface area contributed by atoms with Crippen LogP contribution in [0.4, 0.5) is 5.69 Å². The average Bonchev–Trinajstić information content (AvgIpc) is 2.85. The Balaban J connectivity index is 1.67. The van der Waals surface area contributed by atoms with Crippen molar-refractivity contribution < 1.29 is 0 Å².